The number of carboxylic acids is 1. The van der Waals surface area contributed by atoms with Crippen molar-refractivity contribution in [3.8, 4) is 5.75 Å². The summed E-state index contributed by atoms with van der Waals surface area (Å²) in [5.41, 5.74) is 6.55. The predicted molar refractivity (Wildman–Crippen MR) is 130 cm³/mol. The molecule has 186 valence electrons. The number of piperazine rings is 1. The number of carboxylic acid groups (broad SMARTS) is 1. The van der Waals surface area contributed by atoms with Crippen molar-refractivity contribution in [2.75, 3.05) is 32.5 Å². The third-order valence-electron chi connectivity index (χ3n) is 5.67. The van der Waals surface area contributed by atoms with Gasteiger partial charge in [-0.15, -0.1) is 0 Å². The normalized spacial score (nSPS) is 15.6. The van der Waals surface area contributed by atoms with Gasteiger partial charge in [-0.3, -0.25) is 24.0 Å². The van der Waals surface area contributed by atoms with Gasteiger partial charge < -0.3 is 25.4 Å². The Bertz CT molecular complexity index is 1140. The smallest absolute Gasteiger partial charge is 0.312 e. The fourth-order valence-electron chi connectivity index (χ4n) is 3.85. The molecule has 1 fully saturated rings. The number of nitrogens with zero attached hydrogens (tertiary/aromatic N) is 2. The minimum Gasteiger partial charge on any atom is -0.494 e. The van der Waals surface area contributed by atoms with Crippen LogP contribution in [0.25, 0.3) is 0 Å². The third kappa shape index (κ3) is 6.66. The lowest BCUT2D eigenvalue weighted by atomic mass is 10.0. The van der Waals surface area contributed by atoms with Crippen LogP contribution in [0.3, 0.4) is 0 Å². The Hall–Kier alpha value is -3.73. The first kappa shape index (κ1) is 25.9. The van der Waals surface area contributed by atoms with Gasteiger partial charge in [-0.25, -0.2) is 0 Å². The summed E-state index contributed by atoms with van der Waals surface area (Å²) in [5.74, 6) is -1.97. The van der Waals surface area contributed by atoms with Crippen molar-refractivity contribution in [1.82, 2.24) is 9.80 Å². The molecule has 0 aliphatic carbocycles. The average molecular weight is 501 g/mol. The van der Waals surface area contributed by atoms with E-state index in [0.29, 0.717) is 41.3 Å². The standard InChI is InChI=1S/C24H28N4O6S/c1-35(33)19-5-2-4-17(14-19)20(15-21(29)30)28-12-11-27(23(31)24(28)32)10-3-13-34-18-8-6-16(7-9-18)22(25)26/h2,4-9,14,20H,3,10-13,15H2,1H3,(H3,25,26)(H,29,30). The number of amides is 2. The van der Waals surface area contributed by atoms with Gasteiger partial charge in [0.2, 0.25) is 0 Å². The second-order valence-corrected chi connectivity index (χ2v) is 9.45. The summed E-state index contributed by atoms with van der Waals surface area (Å²) in [5, 5.41) is 16.8. The van der Waals surface area contributed by atoms with Crippen LogP contribution in [-0.4, -0.2) is 75.2 Å². The zero-order valence-corrected chi connectivity index (χ0v) is 20.1. The number of amidine groups is 1. The molecule has 0 radical (unpaired) electrons. The number of carbonyl (C=O) groups excluding carboxylic acids is 2. The summed E-state index contributed by atoms with van der Waals surface area (Å²) in [4.78, 5) is 40.4. The summed E-state index contributed by atoms with van der Waals surface area (Å²) in [6.07, 6.45) is 1.65. The molecule has 2 aromatic rings. The van der Waals surface area contributed by atoms with Gasteiger partial charge in [0.15, 0.2) is 0 Å². The molecule has 3 rings (SSSR count). The zero-order chi connectivity index (χ0) is 25.5. The molecule has 1 saturated heterocycles. The van der Waals surface area contributed by atoms with Gasteiger partial charge in [0.05, 0.1) is 19.1 Å². The summed E-state index contributed by atoms with van der Waals surface area (Å²) in [6.45, 7) is 1.10. The van der Waals surface area contributed by atoms with Crippen molar-refractivity contribution in [3.63, 3.8) is 0 Å². The molecule has 0 saturated carbocycles. The van der Waals surface area contributed by atoms with Crippen molar-refractivity contribution in [3.05, 3.63) is 59.7 Å². The molecule has 2 atom stereocenters. The molecule has 11 heteroatoms. The van der Waals surface area contributed by atoms with Crippen molar-refractivity contribution in [2.24, 2.45) is 5.73 Å². The second kappa shape index (κ2) is 11.6. The SMILES string of the molecule is CS(=O)c1cccc(C(CC(=O)O)N2CCN(CCCOc3ccc(C(=N)N)cc3)C(=O)C2=O)c1. The molecule has 0 spiro atoms. The van der Waals surface area contributed by atoms with Gasteiger partial charge in [-0.2, -0.15) is 0 Å². The molecule has 1 heterocycles. The van der Waals surface area contributed by atoms with E-state index in [-0.39, 0.29) is 25.3 Å². The molecular weight excluding hydrogens is 472 g/mol. The summed E-state index contributed by atoms with van der Waals surface area (Å²) in [6, 6.07) is 12.6. The van der Waals surface area contributed by atoms with Gasteiger partial charge in [-0.05, 0) is 48.4 Å². The Morgan fingerprint density at radius 3 is 2.51 bits per heavy atom. The third-order valence-corrected chi connectivity index (χ3v) is 6.59. The van der Waals surface area contributed by atoms with Crippen molar-refractivity contribution >= 4 is 34.4 Å². The average Bonchev–Trinajstić information content (AvgIpc) is 2.83. The number of hydrogen-bond acceptors (Lipinski definition) is 6. The highest BCUT2D eigenvalue weighted by Crippen LogP contribution is 2.28. The van der Waals surface area contributed by atoms with Gasteiger partial charge in [0.25, 0.3) is 0 Å². The largest absolute Gasteiger partial charge is 0.494 e. The minimum atomic E-state index is -1.27. The second-order valence-electron chi connectivity index (χ2n) is 8.07. The van der Waals surface area contributed by atoms with Crippen LogP contribution >= 0.6 is 0 Å². The van der Waals surface area contributed by atoms with Gasteiger partial charge in [-0.1, -0.05) is 12.1 Å². The molecule has 1 aliphatic rings. The molecule has 2 amide bonds. The van der Waals surface area contributed by atoms with E-state index < -0.39 is 34.6 Å². The number of hydrogen-bond donors (Lipinski definition) is 3. The quantitative estimate of drug-likeness (QED) is 0.182. The van der Waals surface area contributed by atoms with Crippen LogP contribution in [0.4, 0.5) is 0 Å². The van der Waals surface area contributed by atoms with Crippen LogP contribution in [0.5, 0.6) is 5.75 Å². The van der Waals surface area contributed by atoms with Crippen LogP contribution < -0.4 is 10.5 Å². The molecular formula is C24H28N4O6S. The minimum absolute atomic E-state index is 0.0301. The van der Waals surface area contributed by atoms with Crippen LogP contribution in [0, 0.1) is 5.41 Å². The maximum absolute atomic E-state index is 12.9. The summed E-state index contributed by atoms with van der Waals surface area (Å²) in [7, 11) is -1.27. The number of nitrogen functional groups attached to an aromatic ring is 1. The topological polar surface area (TPSA) is 154 Å². The number of nitrogens with one attached hydrogen (secondary N) is 1. The molecule has 4 N–H and O–H groups in total. The van der Waals surface area contributed by atoms with Crippen molar-refractivity contribution < 1.29 is 28.4 Å². The highest BCUT2D eigenvalue weighted by Gasteiger charge is 2.37. The Morgan fingerprint density at radius 2 is 1.89 bits per heavy atom. The first-order valence-corrected chi connectivity index (χ1v) is 12.6. The van der Waals surface area contributed by atoms with Gasteiger partial charge in [0.1, 0.15) is 11.6 Å². The highest BCUT2D eigenvalue weighted by atomic mass is 32.2. The van der Waals surface area contributed by atoms with E-state index in [0.717, 1.165) is 0 Å². The van der Waals surface area contributed by atoms with Gasteiger partial charge >= 0.3 is 17.8 Å². The molecule has 1 aliphatic heterocycles. The summed E-state index contributed by atoms with van der Waals surface area (Å²) >= 11 is 0. The van der Waals surface area contributed by atoms with E-state index in [4.69, 9.17) is 15.9 Å². The molecule has 0 bridgehead atoms. The monoisotopic (exact) mass is 500 g/mol. The number of rotatable bonds is 11. The number of benzene rings is 2. The first-order chi connectivity index (χ1) is 16.7. The Balaban J connectivity index is 1.60. The Morgan fingerprint density at radius 1 is 1.17 bits per heavy atom. The number of nitrogens with two attached hydrogens (primary N) is 1. The van der Waals surface area contributed by atoms with Crippen LogP contribution in [0.15, 0.2) is 53.4 Å². The van der Waals surface area contributed by atoms with E-state index in [2.05, 4.69) is 0 Å². The Kier molecular flexibility index (Phi) is 8.58. The molecule has 2 aromatic carbocycles. The van der Waals surface area contributed by atoms with Crippen LogP contribution in [-0.2, 0) is 25.2 Å². The van der Waals surface area contributed by atoms with E-state index in [1.165, 1.54) is 16.1 Å². The summed E-state index contributed by atoms with van der Waals surface area (Å²) < 4.78 is 17.5. The number of carbonyl (C=O) groups is 3. The van der Waals surface area contributed by atoms with E-state index in [9.17, 15) is 23.7 Å². The maximum atomic E-state index is 12.9. The predicted octanol–water partition coefficient (Wildman–Crippen LogP) is 1.36. The lowest BCUT2D eigenvalue weighted by Gasteiger charge is -2.38. The number of aliphatic carboxylic acids is 1. The molecule has 10 nitrogen and oxygen atoms in total. The molecule has 0 aromatic heterocycles. The molecule has 2 unspecified atom stereocenters. The van der Waals surface area contributed by atoms with Crippen molar-refractivity contribution in [2.45, 2.75) is 23.8 Å². The fraction of sp³-hybridized carbons (Fsp3) is 0.333. The van der Waals surface area contributed by atoms with E-state index >= 15 is 0 Å². The lowest BCUT2D eigenvalue weighted by molar-refractivity contribution is -0.159. The molecule has 35 heavy (non-hydrogen) atoms. The van der Waals surface area contributed by atoms with E-state index in [1.54, 1.807) is 48.5 Å². The number of ether oxygens (including phenoxy) is 1. The Labute approximate surface area is 205 Å². The first-order valence-electron chi connectivity index (χ1n) is 11.0. The maximum Gasteiger partial charge on any atom is 0.312 e. The van der Waals surface area contributed by atoms with Gasteiger partial charge in [0, 0.05) is 47.1 Å². The fourth-order valence-corrected chi connectivity index (χ4v) is 4.42. The zero-order valence-electron chi connectivity index (χ0n) is 19.3. The van der Waals surface area contributed by atoms with Crippen LogP contribution in [0.2, 0.25) is 0 Å². The van der Waals surface area contributed by atoms with E-state index in [1.807, 2.05) is 0 Å². The van der Waals surface area contributed by atoms with Crippen LogP contribution in [0.1, 0.15) is 30.0 Å². The lowest BCUT2D eigenvalue weighted by Crippen LogP contribution is -2.55. The van der Waals surface area contributed by atoms with Crippen molar-refractivity contribution in [1.29, 1.82) is 5.41 Å². The highest BCUT2D eigenvalue weighted by molar-refractivity contribution is 7.84.